The first kappa shape index (κ1) is 27.2. The zero-order valence-electron chi connectivity index (χ0n) is 22.7. The van der Waals surface area contributed by atoms with Gasteiger partial charge in [-0.2, -0.15) is 5.10 Å². The van der Waals surface area contributed by atoms with Gasteiger partial charge in [0.05, 0.1) is 30.1 Å². The number of halogens is 2. The van der Waals surface area contributed by atoms with Crippen LogP contribution in [-0.2, 0) is 4.74 Å². The standard InChI is InChI=1S/C29H36F2N6O2/c1-19-27(26-10-7-11-35(26)2)34-37(23-8-5-4-6-9-23)28(19)33-29(38)32-25-18-36(12-13-39-3)17-24(25)20-14-21(30)16-22(31)15-20/h4-6,8-9,14-16,24-26H,7,10-13,17-18H2,1-3H3,(H2,32,33,38)/t24-,25+,26-/m0/s1. The average Bonchev–Trinajstić information content (AvgIpc) is 3.60. The fourth-order valence-corrected chi connectivity index (χ4v) is 5.86. The summed E-state index contributed by atoms with van der Waals surface area (Å²) in [5, 5.41) is 11.1. The third-order valence-corrected chi connectivity index (χ3v) is 7.86. The number of carbonyl (C=O) groups excluding carboxylic acids is 1. The molecular formula is C29H36F2N6O2. The SMILES string of the molecule is COCCN1C[C@@H](NC(=O)Nc2c(C)c([C@@H]3CCCN3C)nn2-c2ccccc2)[C@H](c2cc(F)cc(F)c2)C1. The first-order valence-corrected chi connectivity index (χ1v) is 13.4. The van der Waals surface area contributed by atoms with Crippen molar-refractivity contribution in [1.82, 2.24) is 24.9 Å². The van der Waals surface area contributed by atoms with Crippen LogP contribution < -0.4 is 10.6 Å². The van der Waals surface area contributed by atoms with Crippen LogP contribution in [0.2, 0.25) is 0 Å². The van der Waals surface area contributed by atoms with Crippen molar-refractivity contribution in [3.8, 4) is 5.69 Å². The number of rotatable bonds is 8. The van der Waals surface area contributed by atoms with Gasteiger partial charge in [-0.25, -0.2) is 18.3 Å². The van der Waals surface area contributed by atoms with Crippen LogP contribution in [0.15, 0.2) is 48.5 Å². The maximum absolute atomic E-state index is 14.1. The third kappa shape index (κ3) is 5.98. The van der Waals surface area contributed by atoms with Crippen LogP contribution in [-0.4, -0.2) is 78.6 Å². The van der Waals surface area contributed by atoms with Gasteiger partial charge in [-0.3, -0.25) is 15.1 Å². The number of nitrogens with one attached hydrogen (secondary N) is 2. The number of carbonyl (C=O) groups is 1. The van der Waals surface area contributed by atoms with Crippen molar-refractivity contribution in [3.63, 3.8) is 0 Å². The highest BCUT2D eigenvalue weighted by molar-refractivity contribution is 5.90. The summed E-state index contributed by atoms with van der Waals surface area (Å²) in [5.41, 5.74) is 3.25. The fraction of sp³-hybridized carbons (Fsp3) is 0.448. The lowest BCUT2D eigenvalue weighted by Crippen LogP contribution is -2.42. The van der Waals surface area contributed by atoms with Gasteiger partial charge in [-0.15, -0.1) is 0 Å². The Balaban J connectivity index is 1.41. The van der Waals surface area contributed by atoms with E-state index in [0.29, 0.717) is 37.6 Å². The molecule has 2 aromatic carbocycles. The largest absolute Gasteiger partial charge is 0.383 e. The number of methoxy groups -OCH3 is 1. The fourth-order valence-electron chi connectivity index (χ4n) is 5.86. The van der Waals surface area contributed by atoms with E-state index >= 15 is 0 Å². The lowest BCUT2D eigenvalue weighted by molar-refractivity contribution is 0.159. The van der Waals surface area contributed by atoms with Crippen LogP contribution in [0, 0.1) is 18.6 Å². The molecule has 2 fully saturated rings. The first-order valence-electron chi connectivity index (χ1n) is 13.4. The molecule has 2 N–H and O–H groups in total. The van der Waals surface area contributed by atoms with E-state index in [1.807, 2.05) is 37.3 Å². The number of likely N-dealkylation sites (tertiary alicyclic amines) is 2. The number of nitrogens with zero attached hydrogens (tertiary/aromatic N) is 4. The van der Waals surface area contributed by atoms with Crippen LogP contribution in [0.1, 0.15) is 41.6 Å². The molecule has 1 aromatic heterocycles. The van der Waals surface area contributed by atoms with Crippen molar-refractivity contribution in [2.45, 2.75) is 37.8 Å². The number of anilines is 1. The molecule has 2 aliphatic rings. The smallest absolute Gasteiger partial charge is 0.320 e. The molecule has 10 heteroatoms. The van der Waals surface area contributed by atoms with Crippen molar-refractivity contribution >= 4 is 11.8 Å². The van der Waals surface area contributed by atoms with Gasteiger partial charge >= 0.3 is 6.03 Å². The summed E-state index contributed by atoms with van der Waals surface area (Å²) in [7, 11) is 3.73. The molecule has 208 valence electrons. The maximum atomic E-state index is 14.1. The first-order chi connectivity index (χ1) is 18.8. The number of ether oxygens (including phenoxy) is 1. The maximum Gasteiger partial charge on any atom is 0.320 e. The lowest BCUT2D eigenvalue weighted by Gasteiger charge is -2.21. The Morgan fingerprint density at radius 3 is 2.54 bits per heavy atom. The quantitative estimate of drug-likeness (QED) is 0.443. The zero-order valence-corrected chi connectivity index (χ0v) is 22.7. The van der Waals surface area contributed by atoms with Crippen LogP contribution in [0.25, 0.3) is 5.69 Å². The molecule has 0 spiro atoms. The number of para-hydroxylation sites is 1. The van der Waals surface area contributed by atoms with E-state index < -0.39 is 11.6 Å². The molecule has 39 heavy (non-hydrogen) atoms. The lowest BCUT2D eigenvalue weighted by atomic mass is 9.94. The molecule has 3 aromatic rings. The molecule has 0 saturated carbocycles. The predicted molar refractivity (Wildman–Crippen MR) is 146 cm³/mol. The second-order valence-electron chi connectivity index (χ2n) is 10.5. The number of hydrogen-bond donors (Lipinski definition) is 2. The molecule has 0 radical (unpaired) electrons. The van der Waals surface area contributed by atoms with Crippen molar-refractivity contribution in [1.29, 1.82) is 0 Å². The Bertz CT molecular complexity index is 1280. The van der Waals surface area contributed by atoms with Crippen molar-refractivity contribution < 1.29 is 18.3 Å². The molecule has 0 aliphatic carbocycles. The Kier molecular flexibility index (Phi) is 8.25. The second-order valence-corrected chi connectivity index (χ2v) is 10.5. The van der Waals surface area contributed by atoms with Gasteiger partial charge in [-0.1, -0.05) is 18.2 Å². The van der Waals surface area contributed by atoms with E-state index in [0.717, 1.165) is 42.4 Å². The zero-order chi connectivity index (χ0) is 27.5. The van der Waals surface area contributed by atoms with E-state index in [9.17, 15) is 13.6 Å². The summed E-state index contributed by atoms with van der Waals surface area (Å²) in [4.78, 5) is 17.9. The van der Waals surface area contributed by atoms with Crippen LogP contribution >= 0.6 is 0 Å². The summed E-state index contributed by atoms with van der Waals surface area (Å²) < 4.78 is 35.2. The van der Waals surface area contributed by atoms with Gasteiger partial charge in [0.1, 0.15) is 17.5 Å². The van der Waals surface area contributed by atoms with Crippen LogP contribution in [0.5, 0.6) is 0 Å². The van der Waals surface area contributed by atoms with E-state index in [1.54, 1.807) is 11.8 Å². The predicted octanol–water partition coefficient (Wildman–Crippen LogP) is 4.46. The van der Waals surface area contributed by atoms with E-state index in [1.165, 1.54) is 12.1 Å². The molecule has 0 bridgehead atoms. The molecule has 5 rings (SSSR count). The highest BCUT2D eigenvalue weighted by atomic mass is 19.1. The highest BCUT2D eigenvalue weighted by Crippen LogP contribution is 2.35. The van der Waals surface area contributed by atoms with Gasteiger partial charge in [-0.05, 0) is 63.2 Å². The highest BCUT2D eigenvalue weighted by Gasteiger charge is 2.36. The molecule has 2 aliphatic heterocycles. The van der Waals surface area contributed by atoms with Gasteiger partial charge < -0.3 is 10.1 Å². The Morgan fingerprint density at radius 1 is 1.13 bits per heavy atom. The molecule has 8 nitrogen and oxygen atoms in total. The Labute approximate surface area is 227 Å². The van der Waals surface area contributed by atoms with Crippen molar-refractivity contribution in [2.24, 2.45) is 0 Å². The normalized spacial score (nSPS) is 21.9. The minimum absolute atomic E-state index is 0.190. The minimum atomic E-state index is -0.629. The number of benzene rings is 2. The van der Waals surface area contributed by atoms with E-state index in [4.69, 9.17) is 9.84 Å². The van der Waals surface area contributed by atoms with E-state index in [2.05, 4.69) is 27.5 Å². The van der Waals surface area contributed by atoms with E-state index in [-0.39, 0.29) is 24.0 Å². The Morgan fingerprint density at radius 2 is 1.87 bits per heavy atom. The van der Waals surface area contributed by atoms with Crippen molar-refractivity contribution in [3.05, 3.63) is 77.0 Å². The average molecular weight is 539 g/mol. The van der Waals surface area contributed by atoms with Crippen LogP contribution in [0.4, 0.5) is 19.4 Å². The van der Waals surface area contributed by atoms with Gasteiger partial charge in [0.25, 0.3) is 0 Å². The number of hydrogen-bond acceptors (Lipinski definition) is 5. The molecular weight excluding hydrogens is 502 g/mol. The number of aromatic nitrogens is 2. The van der Waals surface area contributed by atoms with Crippen molar-refractivity contribution in [2.75, 3.05) is 52.3 Å². The summed E-state index contributed by atoms with van der Waals surface area (Å²) in [6, 6.07) is 12.7. The van der Waals surface area contributed by atoms with Gasteiger partial charge in [0.15, 0.2) is 0 Å². The molecule has 3 heterocycles. The summed E-state index contributed by atoms with van der Waals surface area (Å²) in [5.74, 6) is -0.928. The molecule has 3 atom stereocenters. The minimum Gasteiger partial charge on any atom is -0.383 e. The summed E-state index contributed by atoms with van der Waals surface area (Å²) >= 11 is 0. The van der Waals surface area contributed by atoms with Gasteiger partial charge in [0.2, 0.25) is 0 Å². The number of amides is 2. The molecule has 2 amide bonds. The summed E-state index contributed by atoms with van der Waals surface area (Å²) in [6.07, 6.45) is 2.12. The molecule has 0 unspecified atom stereocenters. The van der Waals surface area contributed by atoms with Gasteiger partial charge in [0, 0.05) is 44.3 Å². The van der Waals surface area contributed by atoms with Crippen LogP contribution in [0.3, 0.4) is 0 Å². The topological polar surface area (TPSA) is 74.7 Å². The number of urea groups is 1. The Hall–Kier alpha value is -3.34. The monoisotopic (exact) mass is 538 g/mol. The summed E-state index contributed by atoms with van der Waals surface area (Å²) in [6.45, 7) is 5.27. The third-order valence-electron chi connectivity index (χ3n) is 7.86. The second kappa shape index (κ2) is 11.8. The molecule has 2 saturated heterocycles.